The number of hydrogen-bond donors (Lipinski definition) is 1. The summed E-state index contributed by atoms with van der Waals surface area (Å²) >= 11 is 1.08. The minimum Gasteiger partial charge on any atom is -0.378 e. The number of hydrogen-bond acceptors (Lipinski definition) is 5. The monoisotopic (exact) mass is 367 g/mol. The van der Waals surface area contributed by atoms with E-state index in [4.69, 9.17) is 4.18 Å². The van der Waals surface area contributed by atoms with Crippen LogP contribution in [0.15, 0.2) is 40.6 Å². The molecule has 1 heterocycles. The summed E-state index contributed by atoms with van der Waals surface area (Å²) in [5.41, 5.74) is 0.894. The van der Waals surface area contributed by atoms with Crippen molar-refractivity contribution in [2.24, 2.45) is 0 Å². The number of carbonyl (C=O) groups excluding carboxylic acids is 1. The fourth-order valence-electron chi connectivity index (χ4n) is 1.98. The highest BCUT2D eigenvalue weighted by atomic mass is 32.3. The van der Waals surface area contributed by atoms with Crippen molar-refractivity contribution in [3.05, 3.63) is 46.8 Å². The first-order valence-electron chi connectivity index (χ1n) is 7.46. The molecule has 0 fully saturated rings. The highest BCUT2D eigenvalue weighted by Crippen LogP contribution is 2.29. The van der Waals surface area contributed by atoms with Crippen molar-refractivity contribution in [2.75, 3.05) is 0 Å². The summed E-state index contributed by atoms with van der Waals surface area (Å²) in [5.74, 6) is 0.127. The lowest BCUT2D eigenvalue weighted by Crippen LogP contribution is -2.18. The second-order valence-electron chi connectivity index (χ2n) is 6.45. The Kier molecular flexibility index (Phi) is 5.35. The van der Waals surface area contributed by atoms with E-state index in [1.54, 1.807) is 24.3 Å². The van der Waals surface area contributed by atoms with Crippen LogP contribution in [0.1, 0.15) is 38.1 Å². The molecule has 0 aliphatic heterocycles. The molecule has 1 N–H and O–H groups in total. The summed E-state index contributed by atoms with van der Waals surface area (Å²) < 4.78 is 30.2. The molecule has 1 amide bonds. The molecular weight excluding hydrogens is 346 g/mol. The SMILES string of the molecule is CC(=O)NCc1ccc(S(=O)(=O)Oc2cccc(C(C)(C)C)c2)s1. The van der Waals surface area contributed by atoms with Gasteiger partial charge >= 0.3 is 10.1 Å². The third-order valence-electron chi connectivity index (χ3n) is 3.30. The van der Waals surface area contributed by atoms with Crippen molar-refractivity contribution in [2.45, 2.75) is 43.9 Å². The van der Waals surface area contributed by atoms with Gasteiger partial charge in [0.05, 0.1) is 6.54 Å². The molecule has 0 bridgehead atoms. The summed E-state index contributed by atoms with van der Waals surface area (Å²) in [6.07, 6.45) is 0. The highest BCUT2D eigenvalue weighted by molar-refractivity contribution is 7.89. The van der Waals surface area contributed by atoms with Gasteiger partial charge in [-0.05, 0) is 35.2 Å². The van der Waals surface area contributed by atoms with E-state index < -0.39 is 10.1 Å². The van der Waals surface area contributed by atoms with Gasteiger partial charge in [-0.2, -0.15) is 8.42 Å². The van der Waals surface area contributed by atoms with Crippen LogP contribution in [0.5, 0.6) is 5.75 Å². The molecule has 0 radical (unpaired) electrons. The van der Waals surface area contributed by atoms with E-state index in [1.165, 1.54) is 13.0 Å². The first kappa shape index (κ1) is 18.5. The van der Waals surface area contributed by atoms with Crippen LogP contribution in [0.4, 0.5) is 0 Å². The molecule has 0 saturated carbocycles. The van der Waals surface area contributed by atoms with Crippen molar-refractivity contribution in [3.8, 4) is 5.75 Å². The highest BCUT2D eigenvalue weighted by Gasteiger charge is 2.21. The third kappa shape index (κ3) is 4.82. The minimum absolute atomic E-state index is 0.0996. The standard InChI is InChI=1S/C17H21NO4S2/c1-12(19)18-11-15-8-9-16(23-15)24(20,21)22-14-7-5-6-13(10-14)17(2,3)4/h5-10H,11H2,1-4H3,(H,18,19). The van der Waals surface area contributed by atoms with Crippen molar-refractivity contribution < 1.29 is 17.4 Å². The topological polar surface area (TPSA) is 72.5 Å². The van der Waals surface area contributed by atoms with E-state index >= 15 is 0 Å². The van der Waals surface area contributed by atoms with Gasteiger partial charge in [-0.15, -0.1) is 11.3 Å². The Hall–Kier alpha value is -1.86. The predicted molar refractivity (Wildman–Crippen MR) is 94.8 cm³/mol. The van der Waals surface area contributed by atoms with Crippen LogP contribution >= 0.6 is 11.3 Å². The van der Waals surface area contributed by atoms with Crippen LogP contribution in [0.3, 0.4) is 0 Å². The maximum Gasteiger partial charge on any atom is 0.348 e. The summed E-state index contributed by atoms with van der Waals surface area (Å²) in [6.45, 7) is 7.86. The fraction of sp³-hybridized carbons (Fsp3) is 0.353. The average molecular weight is 367 g/mol. The zero-order valence-corrected chi connectivity index (χ0v) is 15.8. The first-order chi connectivity index (χ1) is 11.1. The van der Waals surface area contributed by atoms with Crippen molar-refractivity contribution >= 4 is 27.4 Å². The van der Waals surface area contributed by atoms with E-state index in [0.29, 0.717) is 12.3 Å². The molecule has 0 aliphatic carbocycles. The van der Waals surface area contributed by atoms with Gasteiger partial charge in [-0.25, -0.2) is 0 Å². The van der Waals surface area contributed by atoms with Gasteiger partial charge in [0, 0.05) is 11.8 Å². The van der Waals surface area contributed by atoms with Crippen molar-refractivity contribution in [3.63, 3.8) is 0 Å². The van der Waals surface area contributed by atoms with E-state index in [9.17, 15) is 13.2 Å². The van der Waals surface area contributed by atoms with Crippen LogP contribution in [0, 0.1) is 0 Å². The second-order valence-corrected chi connectivity index (χ2v) is 9.39. The Morgan fingerprint density at radius 1 is 1.21 bits per heavy atom. The lowest BCUT2D eigenvalue weighted by molar-refractivity contribution is -0.119. The molecule has 0 spiro atoms. The summed E-state index contributed by atoms with van der Waals surface area (Å²) in [7, 11) is -3.89. The Morgan fingerprint density at radius 2 is 1.92 bits per heavy atom. The van der Waals surface area contributed by atoms with Gasteiger partial charge < -0.3 is 9.50 Å². The molecule has 130 valence electrons. The molecule has 5 nitrogen and oxygen atoms in total. The van der Waals surface area contributed by atoms with Crippen LogP contribution < -0.4 is 9.50 Å². The largest absolute Gasteiger partial charge is 0.378 e. The Labute approximate surface area is 146 Å². The minimum atomic E-state index is -3.89. The van der Waals surface area contributed by atoms with Gasteiger partial charge in [0.25, 0.3) is 0 Å². The van der Waals surface area contributed by atoms with Crippen LogP contribution in [-0.2, 0) is 26.9 Å². The molecule has 0 atom stereocenters. The van der Waals surface area contributed by atoms with Crippen LogP contribution in [-0.4, -0.2) is 14.3 Å². The normalized spacial score (nSPS) is 12.0. The average Bonchev–Trinajstić information content (AvgIpc) is 2.94. The number of carbonyl (C=O) groups is 1. The predicted octanol–water partition coefficient (Wildman–Crippen LogP) is 3.45. The van der Waals surface area contributed by atoms with Gasteiger partial charge in [-0.3, -0.25) is 4.79 Å². The lowest BCUT2D eigenvalue weighted by Gasteiger charge is -2.19. The van der Waals surface area contributed by atoms with E-state index in [0.717, 1.165) is 21.8 Å². The van der Waals surface area contributed by atoms with Crippen LogP contribution in [0.25, 0.3) is 0 Å². The quantitative estimate of drug-likeness (QED) is 0.822. The Bertz CT molecular complexity index is 832. The zero-order chi connectivity index (χ0) is 18.0. The molecule has 0 saturated heterocycles. The lowest BCUT2D eigenvalue weighted by atomic mass is 9.87. The van der Waals surface area contributed by atoms with E-state index in [1.807, 2.05) is 26.8 Å². The molecule has 2 rings (SSSR count). The number of rotatable bonds is 5. The van der Waals surface area contributed by atoms with Crippen LogP contribution in [0.2, 0.25) is 0 Å². The van der Waals surface area contributed by atoms with Gasteiger partial charge in [-0.1, -0.05) is 32.9 Å². The molecule has 0 unspecified atom stereocenters. The van der Waals surface area contributed by atoms with Gasteiger partial charge in [0.15, 0.2) is 4.21 Å². The summed E-state index contributed by atoms with van der Waals surface area (Å²) in [6, 6.07) is 10.2. The Morgan fingerprint density at radius 3 is 2.54 bits per heavy atom. The molecule has 24 heavy (non-hydrogen) atoms. The molecule has 0 aliphatic rings. The summed E-state index contributed by atoms with van der Waals surface area (Å²) in [5, 5.41) is 2.64. The fourth-order valence-corrected chi connectivity index (χ4v) is 4.16. The second kappa shape index (κ2) is 6.94. The van der Waals surface area contributed by atoms with Crippen molar-refractivity contribution in [1.29, 1.82) is 0 Å². The molecule has 2 aromatic rings. The third-order valence-corrected chi connectivity index (χ3v) is 6.08. The molecule has 1 aromatic carbocycles. The maximum absolute atomic E-state index is 12.4. The Balaban J connectivity index is 2.18. The number of thiophene rings is 1. The van der Waals surface area contributed by atoms with Gasteiger partial charge in [0.1, 0.15) is 5.75 Å². The molecule has 7 heteroatoms. The summed E-state index contributed by atoms with van der Waals surface area (Å²) in [4.78, 5) is 11.7. The zero-order valence-electron chi connectivity index (χ0n) is 14.1. The van der Waals surface area contributed by atoms with E-state index in [2.05, 4.69) is 5.32 Å². The molecular formula is C17H21NO4S2. The molecule has 1 aromatic heterocycles. The van der Waals surface area contributed by atoms with Gasteiger partial charge in [0.2, 0.25) is 5.91 Å². The number of benzene rings is 1. The van der Waals surface area contributed by atoms with E-state index in [-0.39, 0.29) is 15.5 Å². The smallest absolute Gasteiger partial charge is 0.348 e. The maximum atomic E-state index is 12.4. The number of amides is 1. The van der Waals surface area contributed by atoms with Crippen molar-refractivity contribution in [1.82, 2.24) is 5.32 Å². The number of nitrogens with one attached hydrogen (secondary N) is 1. The first-order valence-corrected chi connectivity index (χ1v) is 9.68.